The Morgan fingerprint density at radius 3 is 1.67 bits per heavy atom. The van der Waals surface area contributed by atoms with E-state index in [1.54, 1.807) is 0 Å². The van der Waals surface area contributed by atoms with Gasteiger partial charge < -0.3 is 0 Å². The van der Waals surface area contributed by atoms with Crippen LogP contribution in [0.2, 0.25) is 0 Å². The summed E-state index contributed by atoms with van der Waals surface area (Å²) in [5, 5.41) is 0.199. The molecule has 0 aliphatic rings. The van der Waals surface area contributed by atoms with Crippen LogP contribution < -0.4 is 0 Å². The molecule has 0 aromatic carbocycles. The highest BCUT2D eigenvalue weighted by Crippen LogP contribution is 2.09. The van der Waals surface area contributed by atoms with Crippen LogP contribution >= 0.6 is 23.2 Å². The molecule has 3 heteroatoms. The van der Waals surface area contributed by atoms with Gasteiger partial charge in [-0.15, -0.1) is 23.2 Å². The largest absolute Gasteiger partial charge is 0.300 e. The van der Waals surface area contributed by atoms with E-state index in [9.17, 15) is 4.79 Å². The third-order valence-corrected chi connectivity index (χ3v) is 2.08. The first-order valence-corrected chi connectivity index (χ1v) is 5.19. The van der Waals surface area contributed by atoms with Crippen LogP contribution in [0.1, 0.15) is 39.5 Å². The molecule has 0 fully saturated rings. The van der Waals surface area contributed by atoms with Crippen molar-refractivity contribution in [1.82, 2.24) is 0 Å². The van der Waals surface area contributed by atoms with Gasteiger partial charge in [-0.2, -0.15) is 0 Å². The van der Waals surface area contributed by atoms with E-state index in [1.807, 2.05) is 13.8 Å². The van der Waals surface area contributed by atoms with E-state index in [4.69, 9.17) is 23.2 Å². The number of hydrogen-bond donors (Lipinski definition) is 0. The van der Waals surface area contributed by atoms with Gasteiger partial charge in [0.15, 0.2) is 0 Å². The maximum Gasteiger partial charge on any atom is 0.133 e. The Balaban J connectivity index is 3.34. The number of carbonyl (C=O) groups is 1. The fourth-order valence-electron chi connectivity index (χ4n) is 0.845. The predicted octanol–water partition coefficient (Wildman–Crippen LogP) is 3.37. The predicted molar refractivity (Wildman–Crippen MR) is 54.1 cm³/mol. The molecule has 0 aliphatic heterocycles. The zero-order valence-corrected chi connectivity index (χ0v) is 9.16. The number of ketones is 1. The quantitative estimate of drug-likeness (QED) is 0.615. The van der Waals surface area contributed by atoms with Gasteiger partial charge in [-0.1, -0.05) is 0 Å². The van der Waals surface area contributed by atoms with E-state index in [0.29, 0.717) is 12.8 Å². The maximum absolute atomic E-state index is 11.1. The lowest BCUT2D eigenvalue weighted by Crippen LogP contribution is -2.04. The highest BCUT2D eigenvalue weighted by Gasteiger charge is 2.06. The van der Waals surface area contributed by atoms with Crippen molar-refractivity contribution in [2.75, 3.05) is 0 Å². The molecule has 12 heavy (non-hydrogen) atoms. The molecule has 0 aromatic heterocycles. The van der Waals surface area contributed by atoms with Gasteiger partial charge >= 0.3 is 0 Å². The second-order valence-electron chi connectivity index (χ2n) is 3.18. The Morgan fingerprint density at radius 2 is 1.42 bits per heavy atom. The van der Waals surface area contributed by atoms with E-state index < -0.39 is 0 Å². The molecule has 0 rings (SSSR count). The average Bonchev–Trinajstić information content (AvgIpc) is 1.96. The van der Waals surface area contributed by atoms with Crippen LogP contribution in [0.4, 0.5) is 0 Å². The zero-order chi connectivity index (χ0) is 9.56. The lowest BCUT2D eigenvalue weighted by atomic mass is 10.1. The molecule has 1 nitrogen and oxygen atoms in total. The molecule has 2 atom stereocenters. The number of halogens is 2. The van der Waals surface area contributed by atoms with Gasteiger partial charge in [0.05, 0.1) is 0 Å². The summed E-state index contributed by atoms with van der Waals surface area (Å²) >= 11 is 11.4. The minimum absolute atomic E-state index is 0.0994. The first kappa shape index (κ1) is 12.2. The van der Waals surface area contributed by atoms with Gasteiger partial charge in [0.1, 0.15) is 5.78 Å². The normalized spacial score (nSPS) is 15.7. The first-order chi connectivity index (χ1) is 5.52. The molecular weight excluding hydrogens is 195 g/mol. The number of carbonyl (C=O) groups excluding carboxylic acids is 1. The monoisotopic (exact) mass is 210 g/mol. The standard InChI is InChI=1S/C9H16Cl2O/c1-7(10)3-5-9(12)6-4-8(2)11/h7-8H,3-6H2,1-2H3. The summed E-state index contributed by atoms with van der Waals surface area (Å²) in [6.07, 6.45) is 2.73. The minimum Gasteiger partial charge on any atom is -0.300 e. The number of hydrogen-bond acceptors (Lipinski definition) is 1. The molecule has 0 aromatic rings. The molecule has 0 amide bonds. The molecular formula is C9H16Cl2O. The van der Waals surface area contributed by atoms with Crippen molar-refractivity contribution < 1.29 is 4.79 Å². The Bertz CT molecular complexity index is 118. The fraction of sp³-hybridized carbons (Fsp3) is 0.889. The van der Waals surface area contributed by atoms with Crippen molar-refractivity contribution in [2.24, 2.45) is 0 Å². The second kappa shape index (κ2) is 6.73. The third kappa shape index (κ3) is 8.35. The SMILES string of the molecule is CC(Cl)CCC(=O)CCC(C)Cl. The molecule has 0 N–H and O–H groups in total. The molecule has 2 unspecified atom stereocenters. The van der Waals surface area contributed by atoms with Gasteiger partial charge in [-0.05, 0) is 26.7 Å². The average molecular weight is 211 g/mol. The molecule has 0 saturated carbocycles. The highest BCUT2D eigenvalue weighted by atomic mass is 35.5. The molecule has 0 bridgehead atoms. The summed E-state index contributed by atoms with van der Waals surface area (Å²) in [4.78, 5) is 11.1. The molecule has 0 spiro atoms. The van der Waals surface area contributed by atoms with Crippen LogP contribution in [0.15, 0.2) is 0 Å². The van der Waals surface area contributed by atoms with Gasteiger partial charge in [0.25, 0.3) is 0 Å². The number of Topliss-reactive ketones (excluding diaryl/α,β-unsaturated/α-hetero) is 1. The van der Waals surface area contributed by atoms with Crippen molar-refractivity contribution in [3.63, 3.8) is 0 Å². The van der Waals surface area contributed by atoms with E-state index in [-0.39, 0.29) is 16.5 Å². The summed E-state index contributed by atoms with van der Waals surface area (Å²) in [6.45, 7) is 3.80. The lowest BCUT2D eigenvalue weighted by Gasteiger charge is -2.03. The van der Waals surface area contributed by atoms with Gasteiger partial charge in [-0.3, -0.25) is 4.79 Å². The van der Waals surface area contributed by atoms with Crippen molar-refractivity contribution in [3.8, 4) is 0 Å². The summed E-state index contributed by atoms with van der Waals surface area (Å²) < 4.78 is 0. The third-order valence-electron chi connectivity index (χ3n) is 1.64. The summed E-state index contributed by atoms with van der Waals surface area (Å²) in [5.41, 5.74) is 0. The van der Waals surface area contributed by atoms with Crippen LogP contribution in [-0.2, 0) is 4.79 Å². The van der Waals surface area contributed by atoms with E-state index in [0.717, 1.165) is 12.8 Å². The Labute approximate surface area is 84.4 Å². The smallest absolute Gasteiger partial charge is 0.133 e. The topological polar surface area (TPSA) is 17.1 Å². The van der Waals surface area contributed by atoms with Crippen LogP contribution in [0.3, 0.4) is 0 Å². The van der Waals surface area contributed by atoms with Crippen LogP contribution in [-0.4, -0.2) is 16.5 Å². The van der Waals surface area contributed by atoms with Crippen molar-refractivity contribution >= 4 is 29.0 Å². The van der Waals surface area contributed by atoms with Gasteiger partial charge in [0.2, 0.25) is 0 Å². The number of rotatable bonds is 6. The molecule has 0 radical (unpaired) electrons. The van der Waals surface area contributed by atoms with E-state index in [2.05, 4.69) is 0 Å². The molecule has 0 heterocycles. The Kier molecular flexibility index (Phi) is 6.87. The highest BCUT2D eigenvalue weighted by molar-refractivity contribution is 6.20. The van der Waals surface area contributed by atoms with Gasteiger partial charge in [0, 0.05) is 23.6 Å². The van der Waals surface area contributed by atoms with E-state index in [1.165, 1.54) is 0 Å². The van der Waals surface area contributed by atoms with Crippen molar-refractivity contribution in [1.29, 1.82) is 0 Å². The van der Waals surface area contributed by atoms with Crippen LogP contribution in [0.25, 0.3) is 0 Å². The minimum atomic E-state index is 0.0994. The lowest BCUT2D eigenvalue weighted by molar-refractivity contribution is -0.119. The Morgan fingerprint density at radius 1 is 1.08 bits per heavy atom. The van der Waals surface area contributed by atoms with Crippen molar-refractivity contribution in [2.45, 2.75) is 50.3 Å². The Hall–Kier alpha value is 0.250. The molecule has 0 saturated heterocycles. The maximum atomic E-state index is 11.1. The fourth-order valence-corrected chi connectivity index (χ4v) is 1.06. The molecule has 72 valence electrons. The van der Waals surface area contributed by atoms with Crippen molar-refractivity contribution in [3.05, 3.63) is 0 Å². The summed E-state index contributed by atoms with van der Waals surface area (Å²) in [5.74, 6) is 0.273. The first-order valence-electron chi connectivity index (χ1n) is 4.32. The summed E-state index contributed by atoms with van der Waals surface area (Å²) in [6, 6.07) is 0. The van der Waals surface area contributed by atoms with Crippen LogP contribution in [0.5, 0.6) is 0 Å². The second-order valence-corrected chi connectivity index (χ2v) is 4.67. The zero-order valence-electron chi connectivity index (χ0n) is 7.65. The van der Waals surface area contributed by atoms with Crippen LogP contribution in [0, 0.1) is 0 Å². The molecule has 0 aliphatic carbocycles. The summed E-state index contributed by atoms with van der Waals surface area (Å²) in [7, 11) is 0. The van der Waals surface area contributed by atoms with E-state index >= 15 is 0 Å². The number of alkyl halides is 2. The van der Waals surface area contributed by atoms with Gasteiger partial charge in [-0.25, -0.2) is 0 Å².